The summed E-state index contributed by atoms with van der Waals surface area (Å²) in [5.41, 5.74) is 0.382. The van der Waals surface area contributed by atoms with E-state index in [1.807, 2.05) is 0 Å². The topological polar surface area (TPSA) is 12.0 Å². The predicted molar refractivity (Wildman–Crippen MR) is 70.0 cm³/mol. The van der Waals surface area contributed by atoms with Crippen LogP contribution in [-0.4, -0.2) is 12.6 Å². The second-order valence-corrected chi connectivity index (χ2v) is 5.23. The van der Waals surface area contributed by atoms with E-state index >= 15 is 0 Å². The molecular formula is C15H20F3N. The lowest BCUT2D eigenvalue weighted by atomic mass is 9.95. The Morgan fingerprint density at radius 1 is 1.00 bits per heavy atom. The van der Waals surface area contributed by atoms with Gasteiger partial charge in [-0.1, -0.05) is 31.4 Å². The minimum Gasteiger partial charge on any atom is -0.314 e. The van der Waals surface area contributed by atoms with Crippen molar-refractivity contribution in [2.45, 2.75) is 50.7 Å². The predicted octanol–water partition coefficient (Wildman–Crippen LogP) is 4.17. The average molecular weight is 271 g/mol. The van der Waals surface area contributed by atoms with Crippen LogP contribution in [0.4, 0.5) is 13.2 Å². The van der Waals surface area contributed by atoms with Crippen LogP contribution in [0.5, 0.6) is 0 Å². The van der Waals surface area contributed by atoms with Crippen molar-refractivity contribution in [3.05, 3.63) is 35.4 Å². The summed E-state index contributed by atoms with van der Waals surface area (Å²) in [7, 11) is 0. The van der Waals surface area contributed by atoms with E-state index in [-0.39, 0.29) is 0 Å². The van der Waals surface area contributed by atoms with E-state index in [1.165, 1.54) is 32.1 Å². The Bertz CT molecular complexity index is 377. The van der Waals surface area contributed by atoms with Gasteiger partial charge in [-0.25, -0.2) is 0 Å². The highest BCUT2D eigenvalue weighted by Gasteiger charge is 2.29. The first-order valence-corrected chi connectivity index (χ1v) is 6.95. The largest absolute Gasteiger partial charge is 0.416 e. The van der Waals surface area contributed by atoms with Gasteiger partial charge < -0.3 is 5.32 Å². The van der Waals surface area contributed by atoms with Gasteiger partial charge >= 0.3 is 6.18 Å². The van der Waals surface area contributed by atoms with Gasteiger partial charge in [0.25, 0.3) is 0 Å². The fourth-order valence-corrected chi connectivity index (χ4v) is 2.59. The Balaban J connectivity index is 1.76. The summed E-state index contributed by atoms with van der Waals surface area (Å²) < 4.78 is 37.2. The Morgan fingerprint density at radius 3 is 2.21 bits per heavy atom. The molecule has 0 atom stereocenters. The lowest BCUT2D eigenvalue weighted by Gasteiger charge is -2.22. The van der Waals surface area contributed by atoms with Crippen molar-refractivity contribution in [1.82, 2.24) is 5.32 Å². The fraction of sp³-hybridized carbons (Fsp3) is 0.600. The molecule has 1 saturated carbocycles. The van der Waals surface area contributed by atoms with Gasteiger partial charge in [0.05, 0.1) is 5.56 Å². The second-order valence-electron chi connectivity index (χ2n) is 5.23. The molecule has 1 aliphatic rings. The van der Waals surface area contributed by atoms with Crippen LogP contribution in [0, 0.1) is 0 Å². The summed E-state index contributed by atoms with van der Waals surface area (Å²) in [4.78, 5) is 0. The van der Waals surface area contributed by atoms with Crippen molar-refractivity contribution in [1.29, 1.82) is 0 Å². The molecule has 0 amide bonds. The van der Waals surface area contributed by atoms with Gasteiger partial charge in [0, 0.05) is 6.04 Å². The number of hydrogen-bond acceptors (Lipinski definition) is 1. The first-order valence-electron chi connectivity index (χ1n) is 6.95. The zero-order valence-corrected chi connectivity index (χ0v) is 11.0. The number of nitrogens with one attached hydrogen (secondary N) is 1. The summed E-state index contributed by atoms with van der Waals surface area (Å²) >= 11 is 0. The molecule has 1 aliphatic carbocycles. The third-order valence-electron chi connectivity index (χ3n) is 3.73. The van der Waals surface area contributed by atoms with Crippen molar-refractivity contribution >= 4 is 0 Å². The molecule has 1 aromatic rings. The average Bonchev–Trinajstić information content (AvgIpc) is 2.39. The molecule has 0 unspecified atom stereocenters. The highest BCUT2D eigenvalue weighted by Crippen LogP contribution is 2.29. The molecule has 0 aliphatic heterocycles. The molecule has 2 rings (SSSR count). The summed E-state index contributed by atoms with van der Waals surface area (Å²) in [6, 6.07) is 6.08. The maximum atomic E-state index is 12.4. The summed E-state index contributed by atoms with van der Waals surface area (Å²) in [6.07, 6.45) is 2.92. The van der Waals surface area contributed by atoms with Gasteiger partial charge in [0.2, 0.25) is 0 Å². The Labute approximate surface area is 112 Å². The molecular weight excluding hydrogens is 251 g/mol. The van der Waals surface area contributed by atoms with Gasteiger partial charge in [-0.05, 0) is 43.5 Å². The summed E-state index contributed by atoms with van der Waals surface area (Å²) in [6.45, 7) is 0.843. The van der Waals surface area contributed by atoms with Crippen LogP contribution in [0.1, 0.15) is 43.2 Å². The Morgan fingerprint density at radius 2 is 1.63 bits per heavy atom. The first-order chi connectivity index (χ1) is 9.05. The lowest BCUT2D eigenvalue weighted by molar-refractivity contribution is -0.137. The first kappa shape index (κ1) is 14.4. The summed E-state index contributed by atoms with van der Waals surface area (Å²) in [5.74, 6) is 0. The molecule has 106 valence electrons. The van der Waals surface area contributed by atoms with Gasteiger partial charge in [-0.3, -0.25) is 0 Å². The molecule has 0 heterocycles. The molecule has 0 bridgehead atoms. The molecule has 4 heteroatoms. The van der Waals surface area contributed by atoms with E-state index in [9.17, 15) is 13.2 Å². The molecule has 1 fully saturated rings. The number of hydrogen-bond donors (Lipinski definition) is 1. The van der Waals surface area contributed by atoms with E-state index in [4.69, 9.17) is 0 Å². The van der Waals surface area contributed by atoms with Crippen LogP contribution < -0.4 is 5.32 Å². The van der Waals surface area contributed by atoms with Crippen molar-refractivity contribution in [3.8, 4) is 0 Å². The minimum absolute atomic E-state index is 0.573. The third-order valence-corrected chi connectivity index (χ3v) is 3.73. The maximum absolute atomic E-state index is 12.4. The molecule has 0 spiro atoms. The number of alkyl halides is 3. The Kier molecular flexibility index (Phi) is 4.86. The molecule has 1 aromatic carbocycles. The zero-order valence-electron chi connectivity index (χ0n) is 11.0. The van der Waals surface area contributed by atoms with Crippen LogP contribution in [0.25, 0.3) is 0 Å². The molecule has 1 N–H and O–H groups in total. The van der Waals surface area contributed by atoms with Crippen molar-refractivity contribution < 1.29 is 13.2 Å². The van der Waals surface area contributed by atoms with E-state index in [2.05, 4.69) is 5.32 Å². The molecule has 19 heavy (non-hydrogen) atoms. The number of benzene rings is 1. The van der Waals surface area contributed by atoms with Crippen LogP contribution >= 0.6 is 0 Å². The standard InChI is InChI=1S/C15H20F3N/c16-15(17,18)13-8-6-12(7-9-13)10-11-19-14-4-2-1-3-5-14/h6-9,14,19H,1-5,10-11H2. The van der Waals surface area contributed by atoms with Gasteiger partial charge in [0.1, 0.15) is 0 Å². The van der Waals surface area contributed by atoms with E-state index in [0.717, 1.165) is 30.7 Å². The number of rotatable bonds is 4. The van der Waals surface area contributed by atoms with Crippen molar-refractivity contribution in [2.24, 2.45) is 0 Å². The van der Waals surface area contributed by atoms with Crippen molar-refractivity contribution in [2.75, 3.05) is 6.54 Å². The van der Waals surface area contributed by atoms with Crippen LogP contribution in [0.2, 0.25) is 0 Å². The van der Waals surface area contributed by atoms with Crippen LogP contribution in [0.3, 0.4) is 0 Å². The smallest absolute Gasteiger partial charge is 0.314 e. The lowest BCUT2D eigenvalue weighted by Crippen LogP contribution is -2.32. The fourth-order valence-electron chi connectivity index (χ4n) is 2.59. The minimum atomic E-state index is -4.24. The van der Waals surface area contributed by atoms with E-state index in [1.54, 1.807) is 12.1 Å². The molecule has 0 aromatic heterocycles. The normalized spacial score (nSPS) is 17.6. The van der Waals surface area contributed by atoms with Gasteiger partial charge in [-0.2, -0.15) is 13.2 Å². The molecule has 1 nitrogen and oxygen atoms in total. The van der Waals surface area contributed by atoms with Crippen LogP contribution in [-0.2, 0) is 12.6 Å². The number of halogens is 3. The quantitative estimate of drug-likeness (QED) is 0.866. The Hall–Kier alpha value is -1.03. The van der Waals surface area contributed by atoms with Gasteiger partial charge in [-0.15, -0.1) is 0 Å². The van der Waals surface area contributed by atoms with Crippen LogP contribution in [0.15, 0.2) is 24.3 Å². The van der Waals surface area contributed by atoms with Crippen molar-refractivity contribution in [3.63, 3.8) is 0 Å². The highest BCUT2D eigenvalue weighted by atomic mass is 19.4. The molecule has 0 saturated heterocycles. The second kappa shape index (κ2) is 6.42. The van der Waals surface area contributed by atoms with Gasteiger partial charge in [0.15, 0.2) is 0 Å². The van der Waals surface area contributed by atoms with E-state index < -0.39 is 11.7 Å². The SMILES string of the molecule is FC(F)(F)c1ccc(CCNC2CCCCC2)cc1. The maximum Gasteiger partial charge on any atom is 0.416 e. The third kappa shape index (κ3) is 4.53. The monoisotopic (exact) mass is 271 g/mol. The molecule has 0 radical (unpaired) electrons. The van der Waals surface area contributed by atoms with E-state index in [0.29, 0.717) is 6.04 Å². The summed E-state index contributed by atoms with van der Waals surface area (Å²) in [5, 5.41) is 3.49. The highest BCUT2D eigenvalue weighted by molar-refractivity contribution is 5.24. The zero-order chi connectivity index (χ0) is 13.7.